The molecule has 0 unspecified atom stereocenters. The minimum atomic E-state index is -0.766. The minimum Gasteiger partial charge on any atom is -0.454 e. The lowest BCUT2D eigenvalue weighted by Gasteiger charge is -2.11. The second kappa shape index (κ2) is 7.22. The first kappa shape index (κ1) is 17.4. The van der Waals surface area contributed by atoms with Crippen LogP contribution in [0.4, 0.5) is 10.1 Å². The standard InChI is InChI=1S/C18H14FNO6/c1-10(21)13-6-15-16(26-9-25-15)7-14(13)20-17(22)8-24-18(23)11-2-4-12(19)5-3-11/h2-7H,8-9H2,1H3,(H,20,22). The first-order valence-electron chi connectivity index (χ1n) is 7.61. The Bertz CT molecular complexity index is 878. The summed E-state index contributed by atoms with van der Waals surface area (Å²) in [6.45, 7) is 0.809. The Hall–Kier alpha value is -3.42. The number of esters is 1. The van der Waals surface area contributed by atoms with Crippen molar-refractivity contribution in [3.05, 3.63) is 53.3 Å². The van der Waals surface area contributed by atoms with Crippen LogP contribution in [0.5, 0.6) is 11.5 Å². The summed E-state index contributed by atoms with van der Waals surface area (Å²) in [5.74, 6) is -1.36. The second-order valence-electron chi connectivity index (χ2n) is 5.44. The van der Waals surface area contributed by atoms with Crippen molar-refractivity contribution < 1.29 is 33.0 Å². The average molecular weight is 359 g/mol. The van der Waals surface area contributed by atoms with Crippen molar-refractivity contribution in [2.24, 2.45) is 0 Å². The lowest BCUT2D eigenvalue weighted by Crippen LogP contribution is -2.22. The molecule has 0 bridgehead atoms. The molecule has 0 fully saturated rings. The first-order chi connectivity index (χ1) is 12.4. The number of fused-ring (bicyclic) bond motifs is 1. The highest BCUT2D eigenvalue weighted by molar-refractivity contribution is 6.05. The van der Waals surface area contributed by atoms with Crippen molar-refractivity contribution in [3.63, 3.8) is 0 Å². The van der Waals surface area contributed by atoms with E-state index in [1.54, 1.807) is 0 Å². The Labute approximate surface area is 147 Å². The molecule has 26 heavy (non-hydrogen) atoms. The van der Waals surface area contributed by atoms with E-state index >= 15 is 0 Å². The van der Waals surface area contributed by atoms with Crippen LogP contribution in [0.15, 0.2) is 36.4 Å². The lowest BCUT2D eigenvalue weighted by molar-refractivity contribution is -0.119. The Morgan fingerprint density at radius 2 is 1.77 bits per heavy atom. The highest BCUT2D eigenvalue weighted by Crippen LogP contribution is 2.37. The molecule has 1 heterocycles. The molecule has 134 valence electrons. The van der Waals surface area contributed by atoms with Gasteiger partial charge in [0.1, 0.15) is 5.82 Å². The van der Waals surface area contributed by atoms with Gasteiger partial charge >= 0.3 is 5.97 Å². The molecular formula is C18H14FNO6. The molecular weight excluding hydrogens is 345 g/mol. The largest absolute Gasteiger partial charge is 0.454 e. The lowest BCUT2D eigenvalue weighted by atomic mass is 10.1. The van der Waals surface area contributed by atoms with E-state index < -0.39 is 24.3 Å². The molecule has 1 amide bonds. The number of anilines is 1. The normalized spacial score (nSPS) is 11.8. The maximum atomic E-state index is 12.8. The zero-order valence-electron chi connectivity index (χ0n) is 13.7. The van der Waals surface area contributed by atoms with Crippen LogP contribution >= 0.6 is 0 Å². The molecule has 0 aromatic heterocycles. The van der Waals surface area contributed by atoms with Gasteiger partial charge in [-0.2, -0.15) is 0 Å². The Morgan fingerprint density at radius 1 is 1.12 bits per heavy atom. The van der Waals surface area contributed by atoms with Gasteiger partial charge < -0.3 is 19.5 Å². The zero-order valence-corrected chi connectivity index (χ0v) is 13.7. The molecule has 0 aliphatic carbocycles. The molecule has 0 radical (unpaired) electrons. The number of amides is 1. The average Bonchev–Trinajstić information content (AvgIpc) is 3.06. The fourth-order valence-electron chi connectivity index (χ4n) is 2.32. The maximum Gasteiger partial charge on any atom is 0.338 e. The van der Waals surface area contributed by atoms with Crippen LogP contribution in [0, 0.1) is 5.82 Å². The van der Waals surface area contributed by atoms with Crippen LogP contribution in [-0.4, -0.2) is 31.1 Å². The molecule has 3 rings (SSSR count). The first-order valence-corrected chi connectivity index (χ1v) is 7.61. The van der Waals surface area contributed by atoms with Gasteiger partial charge in [-0.15, -0.1) is 0 Å². The molecule has 0 saturated heterocycles. The van der Waals surface area contributed by atoms with Gasteiger partial charge in [0.25, 0.3) is 5.91 Å². The van der Waals surface area contributed by atoms with Gasteiger partial charge in [-0.3, -0.25) is 9.59 Å². The number of Topliss-reactive ketones (excluding diaryl/α,β-unsaturated/α-hetero) is 1. The van der Waals surface area contributed by atoms with E-state index in [0.717, 1.165) is 12.1 Å². The number of halogens is 1. The SMILES string of the molecule is CC(=O)c1cc2c(cc1NC(=O)COC(=O)c1ccc(F)cc1)OCO2. The Balaban J connectivity index is 1.65. The van der Waals surface area contributed by atoms with Crippen molar-refractivity contribution in [2.75, 3.05) is 18.7 Å². The number of ether oxygens (including phenoxy) is 3. The van der Waals surface area contributed by atoms with E-state index in [0.29, 0.717) is 11.5 Å². The van der Waals surface area contributed by atoms with Crippen LogP contribution in [0.3, 0.4) is 0 Å². The third-order valence-electron chi connectivity index (χ3n) is 3.58. The summed E-state index contributed by atoms with van der Waals surface area (Å²) in [7, 11) is 0. The second-order valence-corrected chi connectivity index (χ2v) is 5.44. The van der Waals surface area contributed by atoms with E-state index in [4.69, 9.17) is 14.2 Å². The molecule has 2 aromatic carbocycles. The molecule has 1 N–H and O–H groups in total. The Morgan fingerprint density at radius 3 is 2.42 bits per heavy atom. The van der Waals surface area contributed by atoms with Crippen LogP contribution in [0.2, 0.25) is 0 Å². The monoisotopic (exact) mass is 359 g/mol. The fraction of sp³-hybridized carbons (Fsp3) is 0.167. The molecule has 1 aliphatic rings. The van der Waals surface area contributed by atoms with E-state index in [1.165, 1.54) is 31.2 Å². The number of hydrogen-bond acceptors (Lipinski definition) is 6. The number of ketones is 1. The van der Waals surface area contributed by atoms with Gasteiger partial charge in [0.15, 0.2) is 23.9 Å². The molecule has 0 spiro atoms. The van der Waals surface area contributed by atoms with E-state index in [1.807, 2.05) is 0 Å². The number of carbonyl (C=O) groups excluding carboxylic acids is 3. The summed E-state index contributed by atoms with van der Waals surface area (Å²) in [5.41, 5.74) is 0.587. The molecule has 2 aromatic rings. The van der Waals surface area contributed by atoms with Gasteiger partial charge in [-0.05, 0) is 37.3 Å². The van der Waals surface area contributed by atoms with Crippen molar-refractivity contribution >= 4 is 23.3 Å². The summed E-state index contributed by atoms with van der Waals surface area (Å²) < 4.78 is 28.1. The molecule has 1 aliphatic heterocycles. The molecule has 0 saturated carbocycles. The predicted octanol–water partition coefficient (Wildman–Crippen LogP) is 2.55. The van der Waals surface area contributed by atoms with Crippen molar-refractivity contribution in [1.82, 2.24) is 0 Å². The van der Waals surface area contributed by atoms with Gasteiger partial charge in [0, 0.05) is 11.6 Å². The third-order valence-corrected chi connectivity index (χ3v) is 3.58. The van der Waals surface area contributed by atoms with Gasteiger partial charge in [0.2, 0.25) is 6.79 Å². The summed E-state index contributed by atoms with van der Waals surface area (Å²) in [6, 6.07) is 7.68. The number of benzene rings is 2. The number of hydrogen-bond donors (Lipinski definition) is 1. The number of rotatable bonds is 5. The minimum absolute atomic E-state index is 0.0271. The predicted molar refractivity (Wildman–Crippen MR) is 87.9 cm³/mol. The van der Waals surface area contributed by atoms with E-state index in [9.17, 15) is 18.8 Å². The van der Waals surface area contributed by atoms with Crippen molar-refractivity contribution in [2.45, 2.75) is 6.92 Å². The number of carbonyl (C=O) groups is 3. The highest BCUT2D eigenvalue weighted by atomic mass is 19.1. The van der Waals surface area contributed by atoms with Crippen molar-refractivity contribution in [1.29, 1.82) is 0 Å². The molecule has 8 heteroatoms. The van der Waals surface area contributed by atoms with Crippen LogP contribution < -0.4 is 14.8 Å². The van der Waals surface area contributed by atoms with Gasteiger partial charge in [-0.25, -0.2) is 9.18 Å². The third kappa shape index (κ3) is 3.80. The summed E-state index contributed by atoms with van der Waals surface area (Å²) in [4.78, 5) is 35.6. The van der Waals surface area contributed by atoms with Crippen LogP contribution in [0.1, 0.15) is 27.6 Å². The smallest absolute Gasteiger partial charge is 0.338 e. The summed E-state index contributed by atoms with van der Waals surface area (Å²) in [6.07, 6.45) is 0. The summed E-state index contributed by atoms with van der Waals surface area (Å²) in [5, 5.41) is 2.50. The van der Waals surface area contributed by atoms with Crippen LogP contribution in [0.25, 0.3) is 0 Å². The van der Waals surface area contributed by atoms with Crippen LogP contribution in [-0.2, 0) is 9.53 Å². The molecule has 0 atom stereocenters. The number of nitrogens with one attached hydrogen (secondary N) is 1. The highest BCUT2D eigenvalue weighted by Gasteiger charge is 2.20. The Kier molecular flexibility index (Phi) is 4.83. The van der Waals surface area contributed by atoms with Gasteiger partial charge in [-0.1, -0.05) is 0 Å². The topological polar surface area (TPSA) is 90.9 Å². The summed E-state index contributed by atoms with van der Waals surface area (Å²) >= 11 is 0. The van der Waals surface area contributed by atoms with E-state index in [2.05, 4.69) is 5.32 Å². The quantitative estimate of drug-likeness (QED) is 0.652. The molecule has 7 nitrogen and oxygen atoms in total. The fourth-order valence-corrected chi connectivity index (χ4v) is 2.32. The van der Waals surface area contributed by atoms with E-state index in [-0.39, 0.29) is 29.4 Å². The zero-order chi connectivity index (χ0) is 18.7. The maximum absolute atomic E-state index is 12.8. The van der Waals surface area contributed by atoms with Gasteiger partial charge in [0.05, 0.1) is 11.3 Å². The van der Waals surface area contributed by atoms with Crippen molar-refractivity contribution in [3.8, 4) is 11.5 Å².